The molecule has 0 radical (unpaired) electrons. The van der Waals surface area contributed by atoms with Crippen LogP contribution in [0, 0.1) is 0 Å². The Kier molecular flexibility index (Phi) is 3.91. The Morgan fingerprint density at radius 2 is 2.20 bits per heavy atom. The molecule has 0 spiro atoms. The smallest absolute Gasteiger partial charge is 0.144 e. The molecule has 0 amide bonds. The number of rotatable bonds is 5. The Hall–Kier alpha value is -0.830. The molecule has 0 fully saturated rings. The molecule has 86 valence electrons. The highest BCUT2D eigenvalue weighted by atomic mass is 16.5. The second-order valence-corrected chi connectivity index (χ2v) is 4.74. The quantitative estimate of drug-likeness (QED) is 0.750. The topological polar surface area (TPSA) is 35.3 Å². The fourth-order valence-electron chi connectivity index (χ4n) is 1.48. The zero-order chi connectivity index (χ0) is 11.5. The van der Waals surface area contributed by atoms with Crippen molar-refractivity contribution in [2.75, 3.05) is 13.7 Å². The molecule has 1 unspecified atom stereocenters. The van der Waals surface area contributed by atoms with E-state index in [-0.39, 0.29) is 5.41 Å². The van der Waals surface area contributed by atoms with Crippen LogP contribution in [0.2, 0.25) is 0 Å². The van der Waals surface area contributed by atoms with E-state index in [1.807, 2.05) is 6.07 Å². The van der Waals surface area contributed by atoms with Gasteiger partial charge < -0.3 is 9.26 Å². The second kappa shape index (κ2) is 4.79. The first-order valence-corrected chi connectivity index (χ1v) is 5.47. The summed E-state index contributed by atoms with van der Waals surface area (Å²) in [7, 11) is 1.70. The minimum Gasteiger partial charge on any atom is -0.384 e. The van der Waals surface area contributed by atoms with E-state index < -0.39 is 0 Å². The summed E-state index contributed by atoms with van der Waals surface area (Å²) in [6, 6.07) is 2.05. The number of aromatic nitrogens is 1. The molecule has 1 atom stereocenters. The largest absolute Gasteiger partial charge is 0.384 e. The van der Waals surface area contributed by atoms with Crippen LogP contribution in [0.5, 0.6) is 0 Å². The van der Waals surface area contributed by atoms with Crippen LogP contribution in [0.25, 0.3) is 0 Å². The Morgan fingerprint density at radius 3 is 2.73 bits per heavy atom. The number of nitrogens with zero attached hydrogens (tertiary/aromatic N) is 1. The number of hydrogen-bond acceptors (Lipinski definition) is 3. The number of methoxy groups -OCH3 is 1. The normalized spacial score (nSPS) is 14.2. The average molecular weight is 211 g/mol. The lowest BCUT2D eigenvalue weighted by molar-refractivity contribution is 0.129. The van der Waals surface area contributed by atoms with Gasteiger partial charge in [0.25, 0.3) is 0 Å². The van der Waals surface area contributed by atoms with Crippen LogP contribution in [0.4, 0.5) is 0 Å². The minimum absolute atomic E-state index is 0.104. The summed E-state index contributed by atoms with van der Waals surface area (Å²) < 4.78 is 10.5. The van der Waals surface area contributed by atoms with Gasteiger partial charge >= 0.3 is 0 Å². The lowest BCUT2D eigenvalue weighted by atomic mass is 9.90. The molecule has 3 heteroatoms. The van der Waals surface area contributed by atoms with Crippen molar-refractivity contribution in [1.29, 1.82) is 0 Å². The zero-order valence-corrected chi connectivity index (χ0v) is 10.3. The van der Waals surface area contributed by atoms with Gasteiger partial charge in [0.1, 0.15) is 5.76 Å². The van der Waals surface area contributed by atoms with Gasteiger partial charge in [0.05, 0.1) is 12.3 Å². The Labute approximate surface area is 91.8 Å². The van der Waals surface area contributed by atoms with Gasteiger partial charge in [-0.05, 0) is 6.42 Å². The summed E-state index contributed by atoms with van der Waals surface area (Å²) in [6.07, 6.45) is 1.08. The molecule has 0 saturated carbocycles. The fourth-order valence-corrected chi connectivity index (χ4v) is 1.48. The van der Waals surface area contributed by atoms with Crippen LogP contribution >= 0.6 is 0 Å². The highest BCUT2D eigenvalue weighted by molar-refractivity contribution is 5.16. The highest BCUT2D eigenvalue weighted by Crippen LogP contribution is 2.27. The van der Waals surface area contributed by atoms with Crippen molar-refractivity contribution in [1.82, 2.24) is 5.16 Å². The van der Waals surface area contributed by atoms with E-state index in [0.29, 0.717) is 12.5 Å². The van der Waals surface area contributed by atoms with Crippen LogP contribution in [-0.4, -0.2) is 18.9 Å². The maximum atomic E-state index is 5.37. The highest BCUT2D eigenvalue weighted by Gasteiger charge is 2.26. The van der Waals surface area contributed by atoms with Gasteiger partial charge in [0, 0.05) is 24.5 Å². The van der Waals surface area contributed by atoms with Crippen molar-refractivity contribution in [3.8, 4) is 0 Å². The third kappa shape index (κ3) is 2.81. The third-order valence-electron chi connectivity index (χ3n) is 2.82. The van der Waals surface area contributed by atoms with Crippen LogP contribution in [0.15, 0.2) is 10.6 Å². The molecule has 0 aromatic carbocycles. The second-order valence-electron chi connectivity index (χ2n) is 4.74. The number of ether oxygens (including phenoxy) is 1. The molecule has 15 heavy (non-hydrogen) atoms. The molecule has 0 aliphatic heterocycles. The van der Waals surface area contributed by atoms with Crippen molar-refractivity contribution in [2.45, 2.75) is 45.4 Å². The summed E-state index contributed by atoms with van der Waals surface area (Å²) in [5.41, 5.74) is 0.935. The summed E-state index contributed by atoms with van der Waals surface area (Å²) in [5.74, 6) is 1.36. The van der Waals surface area contributed by atoms with Crippen LogP contribution in [-0.2, 0) is 10.2 Å². The number of hydrogen-bond donors (Lipinski definition) is 0. The molecular weight excluding hydrogens is 190 g/mol. The van der Waals surface area contributed by atoms with Gasteiger partial charge in [-0.15, -0.1) is 0 Å². The molecule has 0 saturated heterocycles. The van der Waals surface area contributed by atoms with E-state index in [1.54, 1.807) is 7.11 Å². The van der Waals surface area contributed by atoms with E-state index in [2.05, 4.69) is 32.9 Å². The molecule has 0 N–H and O–H groups in total. The first kappa shape index (κ1) is 12.2. The zero-order valence-electron chi connectivity index (χ0n) is 10.3. The Morgan fingerprint density at radius 1 is 1.53 bits per heavy atom. The van der Waals surface area contributed by atoms with E-state index >= 15 is 0 Å². The maximum Gasteiger partial charge on any atom is 0.144 e. The molecule has 1 aromatic heterocycles. The minimum atomic E-state index is -0.104. The van der Waals surface area contributed by atoms with E-state index in [9.17, 15) is 0 Å². The summed E-state index contributed by atoms with van der Waals surface area (Å²) in [5, 5.41) is 4.10. The van der Waals surface area contributed by atoms with Crippen molar-refractivity contribution < 1.29 is 9.26 Å². The molecule has 0 aliphatic carbocycles. The molecule has 1 heterocycles. The van der Waals surface area contributed by atoms with Gasteiger partial charge in [-0.3, -0.25) is 0 Å². The predicted octanol–water partition coefficient (Wildman–Crippen LogP) is 3.11. The van der Waals surface area contributed by atoms with Crippen LogP contribution in [0.1, 0.15) is 51.5 Å². The maximum absolute atomic E-state index is 5.37. The third-order valence-corrected chi connectivity index (χ3v) is 2.82. The lowest BCUT2D eigenvalue weighted by Crippen LogP contribution is -2.22. The Balaban J connectivity index is 2.83. The summed E-state index contributed by atoms with van der Waals surface area (Å²) in [6.45, 7) is 9.14. The van der Waals surface area contributed by atoms with E-state index in [4.69, 9.17) is 9.26 Å². The SMILES string of the molecule is CCC(C)c1cc(C(C)(C)COC)on1. The van der Waals surface area contributed by atoms with Gasteiger partial charge in [0.15, 0.2) is 0 Å². The molecule has 0 aliphatic rings. The monoisotopic (exact) mass is 211 g/mol. The van der Waals surface area contributed by atoms with Gasteiger partial charge in [-0.2, -0.15) is 0 Å². The molecule has 1 rings (SSSR count). The lowest BCUT2D eigenvalue weighted by Gasteiger charge is -2.19. The van der Waals surface area contributed by atoms with Crippen molar-refractivity contribution >= 4 is 0 Å². The molecule has 0 bridgehead atoms. The summed E-state index contributed by atoms with van der Waals surface area (Å²) in [4.78, 5) is 0. The Bertz CT molecular complexity index is 304. The predicted molar refractivity (Wildman–Crippen MR) is 60.1 cm³/mol. The standard InChI is InChI=1S/C12H21NO2/c1-6-9(2)10-7-11(15-13-10)12(3,4)8-14-5/h7,9H,6,8H2,1-5H3. The van der Waals surface area contributed by atoms with Crippen molar-refractivity contribution in [2.24, 2.45) is 0 Å². The molecular formula is C12H21NO2. The van der Waals surface area contributed by atoms with Crippen molar-refractivity contribution in [3.63, 3.8) is 0 Å². The molecule has 3 nitrogen and oxygen atoms in total. The fraction of sp³-hybridized carbons (Fsp3) is 0.750. The average Bonchev–Trinajstić information content (AvgIpc) is 2.66. The first-order valence-electron chi connectivity index (χ1n) is 5.47. The van der Waals surface area contributed by atoms with Gasteiger partial charge in [0.2, 0.25) is 0 Å². The van der Waals surface area contributed by atoms with Crippen molar-refractivity contribution in [3.05, 3.63) is 17.5 Å². The van der Waals surface area contributed by atoms with E-state index in [0.717, 1.165) is 17.9 Å². The van der Waals surface area contributed by atoms with Crippen LogP contribution in [0.3, 0.4) is 0 Å². The van der Waals surface area contributed by atoms with Gasteiger partial charge in [-0.25, -0.2) is 0 Å². The van der Waals surface area contributed by atoms with E-state index in [1.165, 1.54) is 0 Å². The molecule has 1 aromatic rings. The van der Waals surface area contributed by atoms with Gasteiger partial charge in [-0.1, -0.05) is 32.9 Å². The van der Waals surface area contributed by atoms with Crippen LogP contribution < -0.4 is 0 Å². The first-order chi connectivity index (χ1) is 7.01. The summed E-state index contributed by atoms with van der Waals surface area (Å²) >= 11 is 0.